The molecule has 0 aliphatic rings. The smallest absolute Gasteiger partial charge is 0.211 e. The van der Waals surface area contributed by atoms with E-state index in [0.717, 1.165) is 12.3 Å². The van der Waals surface area contributed by atoms with Crippen molar-refractivity contribution in [3.05, 3.63) is 0 Å². The van der Waals surface area contributed by atoms with Crippen molar-refractivity contribution in [2.24, 2.45) is 10.9 Å². The molecule has 21 heavy (non-hydrogen) atoms. The number of unbranched alkanes of at least 4 members (excludes halogenated alkanes) is 12. The molecule has 0 saturated heterocycles. The van der Waals surface area contributed by atoms with Crippen molar-refractivity contribution >= 4 is 6.08 Å². The van der Waals surface area contributed by atoms with Crippen molar-refractivity contribution in [3.8, 4) is 0 Å². The Morgan fingerprint density at radius 2 is 1.05 bits per heavy atom. The molecule has 0 bridgehead atoms. The fourth-order valence-electron chi connectivity index (χ4n) is 2.73. The minimum Gasteiger partial charge on any atom is -0.211 e. The number of nitrogens with zero attached hydrogens (tertiary/aromatic N) is 1. The summed E-state index contributed by atoms with van der Waals surface area (Å²) in [6.07, 6.45) is 20.7. The second-order valence-corrected chi connectivity index (χ2v) is 6.75. The predicted molar refractivity (Wildman–Crippen MR) is 92.5 cm³/mol. The molecule has 0 aromatic rings. The van der Waals surface area contributed by atoms with Crippen LogP contribution >= 0.6 is 0 Å². The molecule has 0 N–H and O–H groups in total. The minimum absolute atomic E-state index is 0.667. The van der Waals surface area contributed by atoms with Gasteiger partial charge in [-0.25, -0.2) is 9.79 Å². The van der Waals surface area contributed by atoms with Gasteiger partial charge in [0, 0.05) is 0 Å². The Labute approximate surface area is 132 Å². The lowest BCUT2D eigenvalue weighted by atomic mass is 10.0. The van der Waals surface area contributed by atoms with Gasteiger partial charge in [0.05, 0.1) is 6.54 Å². The Balaban J connectivity index is 2.98. The van der Waals surface area contributed by atoms with Gasteiger partial charge >= 0.3 is 0 Å². The molecule has 0 aliphatic carbocycles. The van der Waals surface area contributed by atoms with Crippen molar-refractivity contribution in [2.75, 3.05) is 6.54 Å². The van der Waals surface area contributed by atoms with Crippen LogP contribution in [0, 0.1) is 5.92 Å². The average Bonchev–Trinajstić information content (AvgIpc) is 2.46. The lowest BCUT2D eigenvalue weighted by Crippen LogP contribution is -1.87. The van der Waals surface area contributed by atoms with E-state index in [9.17, 15) is 4.79 Å². The average molecular weight is 296 g/mol. The molecular weight excluding hydrogens is 258 g/mol. The highest BCUT2D eigenvalue weighted by molar-refractivity contribution is 5.32. The first-order chi connectivity index (χ1) is 10.3. The first-order valence-corrected chi connectivity index (χ1v) is 9.31. The van der Waals surface area contributed by atoms with Crippen molar-refractivity contribution in [1.29, 1.82) is 0 Å². The van der Waals surface area contributed by atoms with Gasteiger partial charge in [0.25, 0.3) is 0 Å². The molecule has 0 atom stereocenters. The number of isocyanates is 1. The van der Waals surface area contributed by atoms with E-state index in [-0.39, 0.29) is 0 Å². The van der Waals surface area contributed by atoms with E-state index in [0.29, 0.717) is 6.54 Å². The van der Waals surface area contributed by atoms with Crippen LogP contribution in [-0.2, 0) is 4.79 Å². The first-order valence-electron chi connectivity index (χ1n) is 9.31. The summed E-state index contributed by atoms with van der Waals surface area (Å²) in [5.74, 6) is 0.878. The van der Waals surface area contributed by atoms with Crippen LogP contribution in [0.15, 0.2) is 4.99 Å². The molecular formula is C19H37NO. The molecule has 0 rings (SSSR count). The molecule has 0 unspecified atom stereocenters. The fraction of sp³-hybridized carbons (Fsp3) is 0.947. The van der Waals surface area contributed by atoms with Gasteiger partial charge in [-0.15, -0.1) is 0 Å². The largest absolute Gasteiger partial charge is 0.234 e. The number of rotatable bonds is 16. The molecule has 0 aliphatic heterocycles. The van der Waals surface area contributed by atoms with Crippen molar-refractivity contribution < 1.29 is 4.79 Å². The Kier molecular flexibility index (Phi) is 16.9. The van der Waals surface area contributed by atoms with Crippen LogP contribution in [0.5, 0.6) is 0 Å². The number of hydrogen-bond acceptors (Lipinski definition) is 2. The van der Waals surface area contributed by atoms with Crippen molar-refractivity contribution in [3.63, 3.8) is 0 Å². The topological polar surface area (TPSA) is 29.4 Å². The summed E-state index contributed by atoms with van der Waals surface area (Å²) in [4.78, 5) is 13.4. The van der Waals surface area contributed by atoms with Crippen LogP contribution < -0.4 is 0 Å². The van der Waals surface area contributed by atoms with Gasteiger partial charge in [0.2, 0.25) is 6.08 Å². The third-order valence-corrected chi connectivity index (χ3v) is 4.12. The Hall–Kier alpha value is -0.620. The number of hydrogen-bond donors (Lipinski definition) is 0. The zero-order valence-corrected chi connectivity index (χ0v) is 14.5. The second-order valence-electron chi connectivity index (χ2n) is 6.75. The Bertz CT molecular complexity index is 244. The van der Waals surface area contributed by atoms with E-state index < -0.39 is 0 Å². The quantitative estimate of drug-likeness (QED) is 0.183. The predicted octanol–water partition coefficient (Wildman–Crippen LogP) is 6.44. The maximum atomic E-state index is 9.87. The van der Waals surface area contributed by atoms with Crippen molar-refractivity contribution in [2.45, 2.75) is 104 Å². The van der Waals surface area contributed by atoms with Crippen LogP contribution in [0.2, 0.25) is 0 Å². The fourth-order valence-corrected chi connectivity index (χ4v) is 2.73. The summed E-state index contributed by atoms with van der Waals surface area (Å²) in [6.45, 7) is 5.30. The minimum atomic E-state index is 0.667. The highest BCUT2D eigenvalue weighted by atomic mass is 16.1. The third-order valence-electron chi connectivity index (χ3n) is 4.12. The van der Waals surface area contributed by atoms with E-state index in [4.69, 9.17) is 0 Å². The maximum Gasteiger partial charge on any atom is 0.234 e. The van der Waals surface area contributed by atoms with E-state index in [1.54, 1.807) is 6.08 Å². The Morgan fingerprint density at radius 3 is 1.43 bits per heavy atom. The number of aliphatic imine (C=N–C) groups is 1. The lowest BCUT2D eigenvalue weighted by molar-refractivity contribution is 0.503. The molecule has 0 heterocycles. The summed E-state index contributed by atoms with van der Waals surface area (Å²) in [7, 11) is 0. The molecule has 0 amide bonds. The highest BCUT2D eigenvalue weighted by Crippen LogP contribution is 2.14. The molecule has 2 heteroatoms. The molecule has 0 radical (unpaired) electrons. The van der Waals surface area contributed by atoms with Gasteiger partial charge in [-0.3, -0.25) is 0 Å². The van der Waals surface area contributed by atoms with Crippen LogP contribution in [0.3, 0.4) is 0 Å². The monoisotopic (exact) mass is 295 g/mol. The van der Waals surface area contributed by atoms with Gasteiger partial charge in [0.1, 0.15) is 0 Å². The molecule has 124 valence electrons. The zero-order valence-electron chi connectivity index (χ0n) is 14.5. The van der Waals surface area contributed by atoms with E-state index >= 15 is 0 Å². The third kappa shape index (κ3) is 19.4. The van der Waals surface area contributed by atoms with Gasteiger partial charge in [-0.1, -0.05) is 97.3 Å². The van der Waals surface area contributed by atoms with E-state index in [2.05, 4.69) is 18.8 Å². The summed E-state index contributed by atoms with van der Waals surface area (Å²) < 4.78 is 0. The normalized spacial score (nSPS) is 10.8. The van der Waals surface area contributed by atoms with Crippen LogP contribution in [0.4, 0.5) is 0 Å². The molecule has 0 aromatic carbocycles. The van der Waals surface area contributed by atoms with Gasteiger partial charge < -0.3 is 0 Å². The Morgan fingerprint density at radius 1 is 0.667 bits per heavy atom. The first kappa shape index (κ1) is 20.4. The van der Waals surface area contributed by atoms with Crippen LogP contribution in [0.25, 0.3) is 0 Å². The zero-order chi connectivity index (χ0) is 15.6. The van der Waals surface area contributed by atoms with Gasteiger partial charge in [0.15, 0.2) is 0 Å². The summed E-state index contributed by atoms with van der Waals surface area (Å²) in [6, 6.07) is 0. The molecule has 0 fully saturated rings. The van der Waals surface area contributed by atoms with Crippen molar-refractivity contribution in [1.82, 2.24) is 0 Å². The van der Waals surface area contributed by atoms with Crippen LogP contribution in [-0.4, -0.2) is 12.6 Å². The molecule has 0 spiro atoms. The van der Waals surface area contributed by atoms with Gasteiger partial charge in [-0.2, -0.15) is 0 Å². The molecule has 0 saturated carbocycles. The lowest BCUT2D eigenvalue weighted by Gasteiger charge is -2.04. The second kappa shape index (κ2) is 17.4. The maximum absolute atomic E-state index is 9.87. The summed E-state index contributed by atoms with van der Waals surface area (Å²) >= 11 is 0. The van der Waals surface area contributed by atoms with E-state index in [1.807, 2.05) is 0 Å². The molecule has 0 aromatic heterocycles. The standard InChI is InChI=1S/C19H37NO/c1-19(2)16-14-12-10-8-6-4-3-5-7-9-11-13-15-17-20-18-21/h19H,3-17H2,1-2H3. The molecule has 2 nitrogen and oxygen atoms in total. The SMILES string of the molecule is CC(C)CCCCCCCCCCCCCCCN=C=O. The highest BCUT2D eigenvalue weighted by Gasteiger charge is 1.95. The number of carbonyl (C=O) groups excluding carboxylic acids is 1. The summed E-state index contributed by atoms with van der Waals surface area (Å²) in [5.41, 5.74) is 0. The van der Waals surface area contributed by atoms with Gasteiger partial charge in [-0.05, 0) is 12.3 Å². The van der Waals surface area contributed by atoms with Crippen LogP contribution in [0.1, 0.15) is 104 Å². The summed E-state index contributed by atoms with van der Waals surface area (Å²) in [5, 5.41) is 0. The van der Waals surface area contributed by atoms with E-state index in [1.165, 1.54) is 83.5 Å².